The molecule has 2 unspecified atom stereocenters. The minimum atomic E-state index is -3.58. The minimum absolute atomic E-state index is 0.0155. The van der Waals surface area contributed by atoms with Crippen molar-refractivity contribution in [3.8, 4) is 11.1 Å². The third kappa shape index (κ3) is 4.37. The molecule has 2 aromatic carbocycles. The summed E-state index contributed by atoms with van der Waals surface area (Å²) < 4.78 is 72.1. The van der Waals surface area contributed by atoms with Crippen molar-refractivity contribution in [2.24, 2.45) is 7.05 Å². The molecule has 0 aliphatic carbocycles. The summed E-state index contributed by atoms with van der Waals surface area (Å²) in [5.41, 5.74) is 0.687. The van der Waals surface area contributed by atoms with Crippen LogP contribution in [0.4, 0.5) is 13.2 Å². The third-order valence-corrected chi connectivity index (χ3v) is 6.45. The van der Waals surface area contributed by atoms with Gasteiger partial charge in [0.1, 0.15) is 17.5 Å². The first-order valence-corrected chi connectivity index (χ1v) is 11.9. The van der Waals surface area contributed by atoms with Crippen LogP contribution in [0.2, 0.25) is 0 Å². The average Bonchev–Trinajstić information content (AvgIpc) is 2.97. The van der Waals surface area contributed by atoms with Crippen molar-refractivity contribution in [1.29, 1.82) is 0 Å². The van der Waals surface area contributed by atoms with E-state index in [0.29, 0.717) is 18.9 Å². The highest BCUT2D eigenvalue weighted by atomic mass is 32.2. The SMILES string of the molecule is Cn1cc2n(c1=O)C(Cc1cccc(-c3cc(F)cc(F)c3)c1F)C(NS(C)(=O)=O)CC2. The first-order chi connectivity index (χ1) is 15.0. The lowest BCUT2D eigenvalue weighted by Gasteiger charge is -2.33. The number of rotatable bonds is 5. The van der Waals surface area contributed by atoms with Gasteiger partial charge in [0.05, 0.1) is 12.3 Å². The molecular weight excluding hydrogens is 443 g/mol. The second kappa shape index (κ2) is 8.25. The Balaban J connectivity index is 1.78. The van der Waals surface area contributed by atoms with Crippen LogP contribution in [0.5, 0.6) is 0 Å². The Morgan fingerprint density at radius 1 is 1.12 bits per heavy atom. The quantitative estimate of drug-likeness (QED) is 0.630. The molecule has 0 saturated carbocycles. The molecule has 0 spiro atoms. The summed E-state index contributed by atoms with van der Waals surface area (Å²) in [5.74, 6) is -2.32. The van der Waals surface area contributed by atoms with Crippen LogP contribution >= 0.6 is 0 Å². The summed E-state index contributed by atoms with van der Waals surface area (Å²) in [4.78, 5) is 12.7. The summed E-state index contributed by atoms with van der Waals surface area (Å²) >= 11 is 0. The maximum Gasteiger partial charge on any atom is 0.328 e. The second-order valence-corrected chi connectivity index (χ2v) is 9.91. The number of aryl methyl sites for hydroxylation is 2. The van der Waals surface area contributed by atoms with E-state index in [1.165, 1.54) is 21.3 Å². The fraction of sp³-hybridized carbons (Fsp3) is 0.318. The molecule has 0 amide bonds. The molecule has 1 aliphatic rings. The summed E-state index contributed by atoms with van der Waals surface area (Å²) in [6, 6.07) is 6.00. The van der Waals surface area contributed by atoms with Gasteiger partial charge in [-0.25, -0.2) is 31.1 Å². The highest BCUT2D eigenvalue weighted by molar-refractivity contribution is 7.88. The summed E-state index contributed by atoms with van der Waals surface area (Å²) in [5, 5.41) is 0. The van der Waals surface area contributed by atoms with Gasteiger partial charge in [-0.3, -0.25) is 4.57 Å². The van der Waals surface area contributed by atoms with E-state index >= 15 is 4.39 Å². The highest BCUT2D eigenvalue weighted by Crippen LogP contribution is 2.32. The molecule has 0 bridgehead atoms. The van der Waals surface area contributed by atoms with Gasteiger partial charge in [0.2, 0.25) is 10.0 Å². The number of sulfonamides is 1. The van der Waals surface area contributed by atoms with Crippen LogP contribution in [0.3, 0.4) is 0 Å². The van der Waals surface area contributed by atoms with Gasteiger partial charge < -0.3 is 4.57 Å². The number of imidazole rings is 1. The maximum absolute atomic E-state index is 15.4. The van der Waals surface area contributed by atoms with E-state index in [2.05, 4.69) is 4.72 Å². The summed E-state index contributed by atoms with van der Waals surface area (Å²) in [7, 11) is -1.98. The Kier molecular flexibility index (Phi) is 5.76. The standard InChI is InChI=1S/C22H22F3N3O3S/c1-27-12-17-6-7-19(26-32(2,30)31)20(28(17)22(27)29)10-13-4-3-5-18(21(13)25)14-8-15(23)11-16(24)9-14/h3-5,8-9,11-12,19-20,26H,6-7,10H2,1-2H3. The Morgan fingerprint density at radius 2 is 1.81 bits per heavy atom. The van der Waals surface area contributed by atoms with Gasteiger partial charge in [-0.15, -0.1) is 0 Å². The Morgan fingerprint density at radius 3 is 2.47 bits per heavy atom. The summed E-state index contributed by atoms with van der Waals surface area (Å²) in [6.45, 7) is 0. The minimum Gasteiger partial charge on any atom is -0.302 e. The predicted molar refractivity (Wildman–Crippen MR) is 114 cm³/mol. The first kappa shape index (κ1) is 22.3. The molecule has 2 heterocycles. The number of hydrogen-bond donors (Lipinski definition) is 1. The predicted octanol–water partition coefficient (Wildman–Crippen LogP) is 2.92. The van der Waals surface area contributed by atoms with Crippen LogP contribution in [0.1, 0.15) is 23.7 Å². The highest BCUT2D eigenvalue weighted by Gasteiger charge is 2.34. The van der Waals surface area contributed by atoms with Gasteiger partial charge in [0.25, 0.3) is 0 Å². The van der Waals surface area contributed by atoms with Crippen molar-refractivity contribution in [3.05, 3.63) is 81.8 Å². The smallest absolute Gasteiger partial charge is 0.302 e. The number of nitrogens with one attached hydrogen (secondary N) is 1. The molecule has 10 heteroatoms. The van der Waals surface area contributed by atoms with Crippen molar-refractivity contribution in [1.82, 2.24) is 13.9 Å². The molecule has 0 radical (unpaired) electrons. The van der Waals surface area contributed by atoms with E-state index in [1.807, 2.05) is 0 Å². The Hall–Kier alpha value is -2.85. The van der Waals surface area contributed by atoms with E-state index < -0.39 is 39.6 Å². The normalized spacial score (nSPS) is 18.5. The number of fused-ring (bicyclic) bond motifs is 1. The van der Waals surface area contributed by atoms with Gasteiger partial charge in [-0.2, -0.15) is 0 Å². The first-order valence-electron chi connectivity index (χ1n) is 10.0. The molecule has 32 heavy (non-hydrogen) atoms. The molecule has 2 atom stereocenters. The number of halogens is 3. The van der Waals surface area contributed by atoms with Crippen molar-refractivity contribution < 1.29 is 21.6 Å². The van der Waals surface area contributed by atoms with E-state index in [4.69, 9.17) is 0 Å². The molecule has 1 aromatic heterocycles. The van der Waals surface area contributed by atoms with Crippen LogP contribution in [-0.4, -0.2) is 29.8 Å². The maximum atomic E-state index is 15.4. The molecule has 6 nitrogen and oxygen atoms in total. The van der Waals surface area contributed by atoms with Crippen LogP contribution in [0.25, 0.3) is 11.1 Å². The monoisotopic (exact) mass is 465 g/mol. The van der Waals surface area contributed by atoms with Gasteiger partial charge in [0, 0.05) is 36.6 Å². The fourth-order valence-electron chi connectivity index (χ4n) is 4.39. The average molecular weight is 465 g/mol. The van der Waals surface area contributed by atoms with Crippen LogP contribution in [0, 0.1) is 17.5 Å². The lowest BCUT2D eigenvalue weighted by atomic mass is 9.91. The lowest BCUT2D eigenvalue weighted by molar-refractivity contribution is 0.314. The molecule has 1 aliphatic heterocycles. The zero-order valence-electron chi connectivity index (χ0n) is 17.5. The molecular formula is C22H22F3N3O3S. The van der Waals surface area contributed by atoms with Crippen molar-refractivity contribution in [2.45, 2.75) is 31.3 Å². The second-order valence-electron chi connectivity index (χ2n) is 8.13. The van der Waals surface area contributed by atoms with Gasteiger partial charge >= 0.3 is 5.69 Å². The zero-order chi connectivity index (χ0) is 23.2. The number of nitrogens with zero attached hydrogens (tertiary/aromatic N) is 2. The zero-order valence-corrected chi connectivity index (χ0v) is 18.3. The molecule has 4 rings (SSSR count). The van der Waals surface area contributed by atoms with Gasteiger partial charge in [-0.05, 0) is 42.5 Å². The van der Waals surface area contributed by atoms with E-state index in [9.17, 15) is 22.0 Å². The number of benzene rings is 2. The van der Waals surface area contributed by atoms with Crippen molar-refractivity contribution >= 4 is 10.0 Å². The Labute approximate surface area is 183 Å². The topological polar surface area (TPSA) is 73.1 Å². The van der Waals surface area contributed by atoms with Crippen molar-refractivity contribution in [3.63, 3.8) is 0 Å². The Bertz CT molecular complexity index is 1330. The van der Waals surface area contributed by atoms with Crippen molar-refractivity contribution in [2.75, 3.05) is 6.26 Å². The molecule has 1 N–H and O–H groups in total. The number of hydrogen-bond acceptors (Lipinski definition) is 3. The van der Waals surface area contributed by atoms with Gasteiger partial charge in [0.15, 0.2) is 0 Å². The molecule has 0 saturated heterocycles. The molecule has 3 aromatic rings. The van der Waals surface area contributed by atoms with Crippen LogP contribution in [0.15, 0.2) is 47.4 Å². The van der Waals surface area contributed by atoms with Crippen LogP contribution in [-0.2, 0) is 29.9 Å². The molecule has 0 fully saturated rings. The molecule has 170 valence electrons. The van der Waals surface area contributed by atoms with E-state index in [0.717, 1.165) is 24.1 Å². The summed E-state index contributed by atoms with van der Waals surface area (Å²) in [6.07, 6.45) is 3.67. The largest absolute Gasteiger partial charge is 0.328 e. The third-order valence-electron chi connectivity index (χ3n) is 5.71. The van der Waals surface area contributed by atoms with Crippen LogP contribution < -0.4 is 10.4 Å². The van der Waals surface area contributed by atoms with E-state index in [-0.39, 0.29) is 28.8 Å². The van der Waals surface area contributed by atoms with Gasteiger partial charge in [-0.1, -0.05) is 18.2 Å². The number of aromatic nitrogens is 2. The lowest BCUT2D eigenvalue weighted by Crippen LogP contribution is -2.47. The van der Waals surface area contributed by atoms with E-state index in [1.54, 1.807) is 19.3 Å². The fourth-order valence-corrected chi connectivity index (χ4v) is 5.22.